The molecule has 1 aliphatic rings. The minimum atomic E-state index is -1.00. The molecule has 0 spiro atoms. The van der Waals surface area contributed by atoms with Gasteiger partial charge in [0.05, 0.1) is 11.8 Å². The molecular weight excluding hydrogens is 310 g/mol. The van der Waals surface area contributed by atoms with Gasteiger partial charge in [-0.3, -0.25) is 9.59 Å². The highest BCUT2D eigenvalue weighted by molar-refractivity contribution is 5.97. The van der Waals surface area contributed by atoms with Crippen LogP contribution < -0.4 is 10.7 Å². The molecule has 3 N–H and O–H groups in total. The molecule has 2 amide bonds. The predicted octanol–water partition coefficient (Wildman–Crippen LogP) is 1.67. The Morgan fingerprint density at radius 2 is 1.75 bits per heavy atom. The maximum atomic E-state index is 11.8. The lowest BCUT2D eigenvalue weighted by atomic mass is 9.95. The van der Waals surface area contributed by atoms with E-state index in [0.717, 1.165) is 25.7 Å². The standard InChI is InChI=1S/C17H21N3O4/c21-15(19-14-4-2-1-3-5-14)10-16(22)20-18-11-12-6-8-13(9-7-12)17(23)24/h6-9,11,14H,1-5,10H2,(H,19,21)(H,20,22)(H,23,24)/b18-11+. The number of nitrogens with one attached hydrogen (secondary N) is 2. The molecule has 2 rings (SSSR count). The maximum Gasteiger partial charge on any atom is 0.335 e. The summed E-state index contributed by atoms with van der Waals surface area (Å²) in [6, 6.07) is 6.23. The average Bonchev–Trinajstić information content (AvgIpc) is 2.56. The van der Waals surface area contributed by atoms with Gasteiger partial charge in [-0.25, -0.2) is 10.2 Å². The van der Waals surface area contributed by atoms with Gasteiger partial charge in [0.1, 0.15) is 6.42 Å². The third kappa shape index (κ3) is 5.83. The molecule has 0 radical (unpaired) electrons. The Labute approximate surface area is 140 Å². The monoisotopic (exact) mass is 331 g/mol. The molecule has 0 heterocycles. The smallest absolute Gasteiger partial charge is 0.335 e. The third-order valence-corrected chi connectivity index (χ3v) is 3.85. The van der Waals surface area contributed by atoms with Crippen LogP contribution in [0, 0.1) is 0 Å². The van der Waals surface area contributed by atoms with Crippen LogP contribution in [0.25, 0.3) is 0 Å². The number of carbonyl (C=O) groups excluding carboxylic acids is 2. The van der Waals surface area contributed by atoms with Crippen molar-refractivity contribution in [3.8, 4) is 0 Å². The first-order valence-corrected chi connectivity index (χ1v) is 7.99. The van der Waals surface area contributed by atoms with E-state index >= 15 is 0 Å². The van der Waals surface area contributed by atoms with Crippen LogP contribution in [0.3, 0.4) is 0 Å². The number of benzene rings is 1. The van der Waals surface area contributed by atoms with Crippen LogP contribution in [0.4, 0.5) is 0 Å². The van der Waals surface area contributed by atoms with Crippen molar-refractivity contribution in [1.29, 1.82) is 0 Å². The summed E-state index contributed by atoms with van der Waals surface area (Å²) in [4.78, 5) is 34.2. The zero-order chi connectivity index (χ0) is 17.4. The van der Waals surface area contributed by atoms with Gasteiger partial charge < -0.3 is 10.4 Å². The Bertz CT molecular complexity index is 619. The summed E-state index contributed by atoms with van der Waals surface area (Å²) < 4.78 is 0. The molecule has 1 fully saturated rings. The van der Waals surface area contributed by atoms with E-state index in [1.54, 1.807) is 12.1 Å². The fourth-order valence-corrected chi connectivity index (χ4v) is 2.60. The molecular formula is C17H21N3O4. The molecule has 0 aromatic heterocycles. The van der Waals surface area contributed by atoms with E-state index in [9.17, 15) is 14.4 Å². The molecule has 1 aromatic carbocycles. The fourth-order valence-electron chi connectivity index (χ4n) is 2.60. The van der Waals surface area contributed by atoms with Crippen molar-refractivity contribution in [3.63, 3.8) is 0 Å². The third-order valence-electron chi connectivity index (χ3n) is 3.85. The number of hydrazone groups is 1. The number of amides is 2. The summed E-state index contributed by atoms with van der Waals surface area (Å²) in [5, 5.41) is 15.4. The Balaban J connectivity index is 1.73. The van der Waals surface area contributed by atoms with E-state index in [0.29, 0.717) is 5.56 Å². The Morgan fingerprint density at radius 1 is 1.08 bits per heavy atom. The number of carbonyl (C=O) groups is 3. The summed E-state index contributed by atoms with van der Waals surface area (Å²) in [5.41, 5.74) is 3.11. The highest BCUT2D eigenvalue weighted by atomic mass is 16.4. The number of nitrogens with zero attached hydrogens (tertiary/aromatic N) is 1. The molecule has 128 valence electrons. The first-order valence-electron chi connectivity index (χ1n) is 7.99. The second kappa shape index (κ2) is 8.81. The van der Waals surface area contributed by atoms with Gasteiger partial charge in [0, 0.05) is 6.04 Å². The normalized spacial score (nSPS) is 15.2. The van der Waals surface area contributed by atoms with Gasteiger partial charge in [0.2, 0.25) is 11.8 Å². The van der Waals surface area contributed by atoms with Crippen LogP contribution in [0.15, 0.2) is 29.4 Å². The zero-order valence-corrected chi connectivity index (χ0v) is 13.3. The molecule has 1 saturated carbocycles. The Morgan fingerprint density at radius 3 is 2.38 bits per heavy atom. The molecule has 0 atom stereocenters. The molecule has 7 nitrogen and oxygen atoms in total. The van der Waals surface area contributed by atoms with Gasteiger partial charge in [-0.1, -0.05) is 31.4 Å². The second-order valence-corrected chi connectivity index (χ2v) is 5.80. The van der Waals surface area contributed by atoms with E-state index in [1.807, 2.05) is 0 Å². The van der Waals surface area contributed by atoms with E-state index < -0.39 is 11.9 Å². The number of aromatic carboxylic acids is 1. The average molecular weight is 331 g/mol. The second-order valence-electron chi connectivity index (χ2n) is 5.80. The van der Waals surface area contributed by atoms with Gasteiger partial charge >= 0.3 is 5.97 Å². The molecule has 0 aliphatic heterocycles. The number of carboxylic acid groups (broad SMARTS) is 1. The van der Waals surface area contributed by atoms with Crippen LogP contribution in [0.2, 0.25) is 0 Å². The minimum absolute atomic E-state index is 0.176. The maximum absolute atomic E-state index is 11.8. The van der Waals surface area contributed by atoms with Gasteiger partial charge in [-0.2, -0.15) is 5.10 Å². The molecule has 1 aliphatic carbocycles. The Kier molecular flexibility index (Phi) is 6.48. The highest BCUT2D eigenvalue weighted by Crippen LogP contribution is 2.17. The lowest BCUT2D eigenvalue weighted by molar-refractivity contribution is -0.129. The number of rotatable bonds is 6. The van der Waals surface area contributed by atoms with Crippen molar-refractivity contribution < 1.29 is 19.5 Å². The molecule has 1 aromatic rings. The van der Waals surface area contributed by atoms with Crippen LogP contribution in [-0.4, -0.2) is 35.1 Å². The summed E-state index contributed by atoms with van der Waals surface area (Å²) in [7, 11) is 0. The van der Waals surface area contributed by atoms with Crippen molar-refractivity contribution in [3.05, 3.63) is 35.4 Å². The summed E-state index contributed by atoms with van der Waals surface area (Å²) >= 11 is 0. The lowest BCUT2D eigenvalue weighted by Gasteiger charge is -2.22. The summed E-state index contributed by atoms with van der Waals surface area (Å²) in [5.74, 6) is -1.78. The van der Waals surface area contributed by atoms with Gasteiger partial charge in [0.15, 0.2) is 0 Å². The molecule has 0 unspecified atom stereocenters. The van der Waals surface area contributed by atoms with Crippen molar-refractivity contribution in [2.24, 2.45) is 5.10 Å². The van der Waals surface area contributed by atoms with E-state index in [2.05, 4.69) is 15.8 Å². The van der Waals surface area contributed by atoms with E-state index in [-0.39, 0.29) is 23.9 Å². The summed E-state index contributed by atoms with van der Waals surface area (Å²) in [6.45, 7) is 0. The van der Waals surface area contributed by atoms with Gasteiger partial charge in [0.25, 0.3) is 0 Å². The van der Waals surface area contributed by atoms with Crippen LogP contribution >= 0.6 is 0 Å². The molecule has 24 heavy (non-hydrogen) atoms. The fraction of sp³-hybridized carbons (Fsp3) is 0.412. The largest absolute Gasteiger partial charge is 0.478 e. The molecule has 7 heteroatoms. The highest BCUT2D eigenvalue weighted by Gasteiger charge is 2.17. The van der Waals surface area contributed by atoms with Crippen LogP contribution in [0.5, 0.6) is 0 Å². The van der Waals surface area contributed by atoms with Crippen molar-refractivity contribution in [2.45, 2.75) is 44.6 Å². The predicted molar refractivity (Wildman–Crippen MR) is 88.8 cm³/mol. The molecule has 0 bridgehead atoms. The first kappa shape index (κ1) is 17.7. The minimum Gasteiger partial charge on any atom is -0.478 e. The van der Waals surface area contributed by atoms with Crippen LogP contribution in [-0.2, 0) is 9.59 Å². The van der Waals surface area contributed by atoms with Gasteiger partial charge in [-0.15, -0.1) is 0 Å². The number of hydrogen-bond acceptors (Lipinski definition) is 4. The number of hydrogen-bond donors (Lipinski definition) is 3. The SMILES string of the molecule is O=C(CC(=O)NC1CCCCC1)N/N=C/c1ccc(C(=O)O)cc1. The topological polar surface area (TPSA) is 108 Å². The van der Waals surface area contributed by atoms with E-state index in [1.165, 1.54) is 24.8 Å². The van der Waals surface area contributed by atoms with Crippen LogP contribution in [0.1, 0.15) is 54.4 Å². The van der Waals surface area contributed by atoms with Gasteiger partial charge in [-0.05, 0) is 30.5 Å². The van der Waals surface area contributed by atoms with Crippen molar-refractivity contribution in [2.75, 3.05) is 0 Å². The Hall–Kier alpha value is -2.70. The quantitative estimate of drug-likeness (QED) is 0.418. The van der Waals surface area contributed by atoms with Crippen molar-refractivity contribution in [1.82, 2.24) is 10.7 Å². The molecule has 0 saturated heterocycles. The lowest BCUT2D eigenvalue weighted by Crippen LogP contribution is -2.38. The van der Waals surface area contributed by atoms with Crippen molar-refractivity contribution >= 4 is 24.0 Å². The number of carboxylic acids is 1. The summed E-state index contributed by atoms with van der Waals surface area (Å²) in [6.07, 6.45) is 6.50. The van der Waals surface area contributed by atoms with E-state index in [4.69, 9.17) is 5.11 Å². The first-order chi connectivity index (χ1) is 11.5. The zero-order valence-electron chi connectivity index (χ0n) is 13.3.